The molecule has 42 valence electrons. The van der Waals surface area contributed by atoms with Gasteiger partial charge in [0.05, 0.1) is 0 Å². The molecule has 7 heavy (non-hydrogen) atoms. The Balaban J connectivity index is 2.36. The fourth-order valence-electron chi connectivity index (χ4n) is 0.200. The molecule has 0 radical (unpaired) electrons. The molecule has 0 N–H and O–H groups in total. The van der Waals surface area contributed by atoms with Gasteiger partial charge in [0.1, 0.15) is 0 Å². The summed E-state index contributed by atoms with van der Waals surface area (Å²) in [5.41, 5.74) is 0. The minimum Gasteiger partial charge on any atom is -0.562 e. The molecule has 0 unspecified atom stereocenters. The number of rotatable bonds is 0. The number of ether oxygens (including phenoxy) is 1. The second kappa shape index (κ2) is 1.12. The van der Waals surface area contributed by atoms with Crippen molar-refractivity contribution in [3.63, 3.8) is 0 Å². The normalized spacial score (nSPS) is 22.7. The fraction of sp³-hybridized carbons (Fsp3) is 0.667. The van der Waals surface area contributed by atoms with Crippen molar-refractivity contribution in [1.82, 2.24) is 0 Å². The van der Waals surface area contributed by atoms with Gasteiger partial charge in [-0.2, -0.15) is 0 Å². The van der Waals surface area contributed by atoms with Crippen LogP contribution in [0.15, 0.2) is 0 Å². The summed E-state index contributed by atoms with van der Waals surface area (Å²) in [5.74, 6) is 0. The Morgan fingerprint density at radius 3 is 1.86 bits per heavy atom. The van der Waals surface area contributed by atoms with Crippen molar-refractivity contribution in [2.24, 2.45) is 0 Å². The van der Waals surface area contributed by atoms with Gasteiger partial charge in [0.15, 0.2) is 0 Å². The maximum atomic E-state index is 11.1. The Morgan fingerprint density at radius 1 is 1.43 bits per heavy atom. The van der Waals surface area contributed by atoms with Crippen LogP contribution in [-0.4, -0.2) is 12.8 Å². The predicted octanol–water partition coefficient (Wildman–Crippen LogP) is 1.11. The zero-order chi connectivity index (χ0) is 5.49. The van der Waals surface area contributed by atoms with Gasteiger partial charge in [0.2, 0.25) is 0 Å². The lowest BCUT2D eigenvalue weighted by Crippen LogP contribution is -2.08. The Kier molecular flexibility index (Phi) is 0.786. The molecule has 1 aliphatic heterocycles. The maximum absolute atomic E-state index is 11.1. The molecule has 1 nitrogen and oxygen atoms in total. The molecule has 1 fully saturated rings. The van der Waals surface area contributed by atoms with Gasteiger partial charge in [0, 0.05) is 0 Å². The Labute approximate surface area is 38.1 Å². The summed E-state index contributed by atoms with van der Waals surface area (Å²) < 4.78 is 37.1. The van der Waals surface area contributed by atoms with E-state index in [-0.39, 0.29) is 6.61 Å². The quantitative estimate of drug-likeness (QED) is 0.337. The minimum absolute atomic E-state index is 0.233. The molecular weight excluding hydrogens is 109 g/mol. The van der Waals surface area contributed by atoms with E-state index >= 15 is 0 Å². The van der Waals surface area contributed by atoms with Crippen molar-refractivity contribution in [3.8, 4) is 0 Å². The van der Waals surface area contributed by atoms with Crippen molar-refractivity contribution in [3.05, 3.63) is 6.10 Å². The average Bonchev–Trinajstić information content (AvgIpc) is 1.99. The second-order valence-electron chi connectivity index (χ2n) is 1.21. The molecule has 1 heterocycles. The predicted molar refractivity (Wildman–Crippen MR) is 15.2 cm³/mol. The van der Waals surface area contributed by atoms with E-state index in [1.807, 2.05) is 0 Å². The van der Waals surface area contributed by atoms with E-state index in [4.69, 9.17) is 0 Å². The number of alkyl halides is 3. The first kappa shape index (κ1) is 4.90. The highest BCUT2D eigenvalue weighted by molar-refractivity contribution is 4.98. The molecule has 1 saturated heterocycles. The second-order valence-corrected chi connectivity index (χ2v) is 1.21. The van der Waals surface area contributed by atoms with Crippen LogP contribution in [0.1, 0.15) is 0 Å². The number of hydrogen-bond donors (Lipinski definition) is 0. The molecule has 1 aliphatic rings. The van der Waals surface area contributed by atoms with Crippen molar-refractivity contribution in [1.29, 1.82) is 0 Å². The summed E-state index contributed by atoms with van der Waals surface area (Å²) in [5, 5.41) is 0. The molecule has 0 atom stereocenters. The van der Waals surface area contributed by atoms with Gasteiger partial charge in [-0.25, -0.2) is 13.2 Å². The van der Waals surface area contributed by atoms with Crippen molar-refractivity contribution >= 4 is 0 Å². The lowest BCUT2D eigenvalue weighted by atomic mass is 10.5. The maximum Gasteiger partial charge on any atom is 0.296 e. The molecule has 0 aromatic heterocycles. The molecule has 0 bridgehead atoms. The Hall–Kier alpha value is -0.250. The smallest absolute Gasteiger partial charge is 0.296 e. The van der Waals surface area contributed by atoms with Crippen molar-refractivity contribution in [2.45, 2.75) is 6.18 Å². The number of hydrogen-bond acceptors (Lipinski definition) is 1. The highest BCUT2D eigenvalue weighted by Gasteiger charge is 2.33. The van der Waals surface area contributed by atoms with Crippen LogP contribution in [0.4, 0.5) is 13.2 Å². The van der Waals surface area contributed by atoms with Gasteiger partial charge in [0.25, 0.3) is 6.18 Å². The summed E-state index contributed by atoms with van der Waals surface area (Å²) in [4.78, 5) is 0. The highest BCUT2D eigenvalue weighted by Crippen LogP contribution is 2.37. The van der Waals surface area contributed by atoms with E-state index < -0.39 is 12.3 Å². The van der Waals surface area contributed by atoms with Gasteiger partial charge < -0.3 is 4.74 Å². The van der Waals surface area contributed by atoms with Crippen LogP contribution in [0.5, 0.6) is 0 Å². The Bertz CT molecular complexity index is 72.7. The van der Waals surface area contributed by atoms with E-state index in [0.717, 1.165) is 0 Å². The average molecular weight is 111 g/mol. The van der Waals surface area contributed by atoms with Crippen LogP contribution in [0, 0.1) is 6.10 Å². The first-order valence-corrected chi connectivity index (χ1v) is 1.66. The van der Waals surface area contributed by atoms with Gasteiger partial charge >= 0.3 is 0 Å². The van der Waals surface area contributed by atoms with Gasteiger partial charge in [-0.1, -0.05) is 12.7 Å². The Morgan fingerprint density at radius 2 is 1.86 bits per heavy atom. The third kappa shape index (κ3) is 1.06. The minimum atomic E-state index is -4.19. The molecular formula is C3H2F3O-. The summed E-state index contributed by atoms with van der Waals surface area (Å²) in [6.45, 7) is -0.233. The van der Waals surface area contributed by atoms with Crippen LogP contribution in [0.3, 0.4) is 0 Å². The van der Waals surface area contributed by atoms with Crippen LogP contribution in [0.2, 0.25) is 0 Å². The fourth-order valence-corrected chi connectivity index (χ4v) is 0.200. The molecule has 1 rings (SSSR count). The lowest BCUT2D eigenvalue weighted by molar-refractivity contribution is -0.115. The largest absolute Gasteiger partial charge is 0.562 e. The van der Waals surface area contributed by atoms with Crippen LogP contribution in [0.25, 0.3) is 0 Å². The lowest BCUT2D eigenvalue weighted by Gasteiger charge is -2.09. The number of epoxide rings is 1. The first-order chi connectivity index (χ1) is 3.11. The van der Waals surface area contributed by atoms with Crippen LogP contribution >= 0.6 is 0 Å². The third-order valence-corrected chi connectivity index (χ3v) is 0.605. The van der Waals surface area contributed by atoms with Gasteiger partial charge in [-0.3, -0.25) is 0 Å². The van der Waals surface area contributed by atoms with Crippen LogP contribution < -0.4 is 0 Å². The summed E-state index contributed by atoms with van der Waals surface area (Å²) in [6.07, 6.45) is -4.95. The summed E-state index contributed by atoms with van der Waals surface area (Å²) in [6, 6.07) is 0. The van der Waals surface area contributed by atoms with Crippen molar-refractivity contribution in [2.75, 3.05) is 6.61 Å². The van der Waals surface area contributed by atoms with E-state index in [1.54, 1.807) is 0 Å². The third-order valence-electron chi connectivity index (χ3n) is 0.605. The molecule has 0 spiro atoms. The summed E-state index contributed by atoms with van der Waals surface area (Å²) in [7, 11) is 0. The molecule has 0 saturated carbocycles. The highest BCUT2D eigenvalue weighted by atomic mass is 19.4. The molecule has 0 aromatic rings. The van der Waals surface area contributed by atoms with E-state index in [9.17, 15) is 13.2 Å². The number of halogens is 3. The topological polar surface area (TPSA) is 12.5 Å². The molecule has 0 aromatic carbocycles. The molecule has 0 aliphatic carbocycles. The standard InChI is InChI=1S/C3H2F3O/c4-3(5,6)2-1-7-2/h1H2/q-1. The monoisotopic (exact) mass is 111 g/mol. The van der Waals surface area contributed by atoms with Crippen LogP contribution in [-0.2, 0) is 4.74 Å². The zero-order valence-electron chi connectivity index (χ0n) is 3.25. The van der Waals surface area contributed by atoms with E-state index in [2.05, 4.69) is 4.74 Å². The van der Waals surface area contributed by atoms with E-state index in [1.165, 1.54) is 0 Å². The zero-order valence-corrected chi connectivity index (χ0v) is 3.25. The first-order valence-electron chi connectivity index (χ1n) is 1.66. The molecule has 0 amide bonds. The van der Waals surface area contributed by atoms with Crippen molar-refractivity contribution < 1.29 is 17.9 Å². The molecule has 4 heteroatoms. The van der Waals surface area contributed by atoms with Gasteiger partial charge in [-0.05, 0) is 0 Å². The van der Waals surface area contributed by atoms with E-state index in [0.29, 0.717) is 0 Å². The van der Waals surface area contributed by atoms with Gasteiger partial charge in [-0.15, -0.1) is 0 Å². The SMILES string of the molecule is FC(F)(F)[C-]1CO1. The summed E-state index contributed by atoms with van der Waals surface area (Å²) >= 11 is 0.